The van der Waals surface area contributed by atoms with Gasteiger partial charge in [0.2, 0.25) is 5.43 Å². The molecular formula is C17H12Br2O4. The van der Waals surface area contributed by atoms with Crippen molar-refractivity contribution in [2.45, 2.75) is 0 Å². The molecule has 0 heterocycles. The number of methoxy groups -OCH3 is 1. The molecule has 0 fully saturated rings. The van der Waals surface area contributed by atoms with Gasteiger partial charge in [0.15, 0.2) is 11.5 Å². The Balaban J connectivity index is 2.40. The van der Waals surface area contributed by atoms with Gasteiger partial charge in [-0.3, -0.25) is 9.59 Å². The molecule has 2 rings (SSSR count). The summed E-state index contributed by atoms with van der Waals surface area (Å²) in [5, 5.41) is 9.97. The number of hydrogen-bond acceptors (Lipinski definition) is 4. The number of allylic oxidation sites excluding steroid dienone is 1. The highest BCUT2D eigenvalue weighted by Gasteiger charge is 2.13. The molecule has 6 heteroatoms. The molecule has 0 spiro atoms. The Bertz CT molecular complexity index is 844. The van der Waals surface area contributed by atoms with Crippen LogP contribution in [0.15, 0.2) is 56.2 Å². The van der Waals surface area contributed by atoms with Gasteiger partial charge in [0, 0.05) is 4.47 Å². The van der Waals surface area contributed by atoms with Crippen LogP contribution in [0.3, 0.4) is 0 Å². The van der Waals surface area contributed by atoms with E-state index in [1.165, 1.54) is 18.2 Å². The van der Waals surface area contributed by atoms with Crippen LogP contribution in [0, 0.1) is 0 Å². The van der Waals surface area contributed by atoms with Gasteiger partial charge in [-0.25, -0.2) is 0 Å². The monoisotopic (exact) mass is 438 g/mol. The average molecular weight is 440 g/mol. The maximum Gasteiger partial charge on any atom is 0.235 e. The van der Waals surface area contributed by atoms with E-state index in [1.807, 2.05) is 6.07 Å². The Hall–Kier alpha value is -1.92. The van der Waals surface area contributed by atoms with Gasteiger partial charge in [-0.2, -0.15) is 0 Å². The number of benzene rings is 1. The van der Waals surface area contributed by atoms with Crippen molar-refractivity contribution >= 4 is 43.7 Å². The van der Waals surface area contributed by atoms with E-state index in [2.05, 4.69) is 31.9 Å². The second-order valence-electron chi connectivity index (χ2n) is 4.59. The number of aromatic hydroxyl groups is 1. The molecule has 0 aromatic heterocycles. The highest BCUT2D eigenvalue weighted by atomic mass is 79.9. The van der Waals surface area contributed by atoms with E-state index in [0.717, 1.165) is 5.56 Å². The lowest BCUT2D eigenvalue weighted by atomic mass is 10.1. The average Bonchev–Trinajstić information content (AvgIpc) is 2.64. The molecule has 23 heavy (non-hydrogen) atoms. The summed E-state index contributed by atoms with van der Waals surface area (Å²) in [4.78, 5) is 24.2. The van der Waals surface area contributed by atoms with Crippen LogP contribution in [-0.4, -0.2) is 18.0 Å². The maximum absolute atomic E-state index is 12.3. The maximum atomic E-state index is 12.3. The van der Waals surface area contributed by atoms with Crippen molar-refractivity contribution in [1.29, 1.82) is 0 Å². The first-order chi connectivity index (χ1) is 10.9. The molecule has 0 aliphatic heterocycles. The van der Waals surface area contributed by atoms with E-state index in [4.69, 9.17) is 4.74 Å². The molecule has 2 aromatic rings. The Morgan fingerprint density at radius 2 is 1.96 bits per heavy atom. The van der Waals surface area contributed by atoms with Crippen molar-refractivity contribution in [2.75, 3.05) is 7.11 Å². The molecule has 2 aromatic carbocycles. The summed E-state index contributed by atoms with van der Waals surface area (Å²) in [6, 6.07) is 10.0. The van der Waals surface area contributed by atoms with Crippen LogP contribution >= 0.6 is 31.9 Å². The summed E-state index contributed by atoms with van der Waals surface area (Å²) < 4.78 is 5.78. The lowest BCUT2D eigenvalue weighted by Crippen LogP contribution is -2.03. The lowest BCUT2D eigenvalue weighted by molar-refractivity contribution is 0.104. The number of halogens is 2. The van der Waals surface area contributed by atoms with Crippen molar-refractivity contribution < 1.29 is 14.6 Å². The van der Waals surface area contributed by atoms with Gasteiger partial charge in [0.05, 0.1) is 17.1 Å². The quantitative estimate of drug-likeness (QED) is 0.573. The molecule has 0 amide bonds. The molecule has 4 nitrogen and oxygen atoms in total. The van der Waals surface area contributed by atoms with Crippen molar-refractivity contribution in [3.63, 3.8) is 0 Å². The molecule has 0 unspecified atom stereocenters. The van der Waals surface area contributed by atoms with Crippen molar-refractivity contribution in [3.05, 3.63) is 72.8 Å². The second-order valence-corrected chi connectivity index (χ2v) is 6.36. The standard InChI is InChI=1S/C17H12Br2O4/c1-23-12-4-2-3-10(7-12)5-6-15(20)13-8-11(18)9-14(19)17(22)16(13)21/h2-9H,1H3,(H,21,22)/b6-5+. The summed E-state index contributed by atoms with van der Waals surface area (Å²) >= 11 is 6.28. The Kier molecular flexibility index (Phi) is 5.74. The summed E-state index contributed by atoms with van der Waals surface area (Å²) in [5.74, 6) is -0.406. The van der Waals surface area contributed by atoms with E-state index in [0.29, 0.717) is 10.2 Å². The Labute approximate surface area is 149 Å². The van der Waals surface area contributed by atoms with Gasteiger partial charge in [-0.05, 0) is 51.8 Å². The molecule has 118 valence electrons. The number of ketones is 1. The van der Waals surface area contributed by atoms with Gasteiger partial charge in [0.1, 0.15) is 5.75 Å². The molecule has 0 saturated heterocycles. The molecule has 0 aliphatic carbocycles. The van der Waals surface area contributed by atoms with Crippen LogP contribution in [0.25, 0.3) is 6.08 Å². The van der Waals surface area contributed by atoms with Crippen LogP contribution in [0.5, 0.6) is 11.5 Å². The highest BCUT2D eigenvalue weighted by Crippen LogP contribution is 2.22. The number of hydrogen-bond donors (Lipinski definition) is 1. The smallest absolute Gasteiger partial charge is 0.235 e. The molecule has 1 N–H and O–H groups in total. The number of rotatable bonds is 4. The molecule has 0 bridgehead atoms. The molecule has 0 saturated carbocycles. The van der Waals surface area contributed by atoms with Crippen LogP contribution in [0.4, 0.5) is 0 Å². The fraction of sp³-hybridized carbons (Fsp3) is 0.0588. The van der Waals surface area contributed by atoms with Gasteiger partial charge in [0.25, 0.3) is 0 Å². The van der Waals surface area contributed by atoms with E-state index in [9.17, 15) is 14.7 Å². The van der Waals surface area contributed by atoms with Crippen molar-refractivity contribution in [1.82, 2.24) is 0 Å². The van der Waals surface area contributed by atoms with Gasteiger partial charge >= 0.3 is 0 Å². The van der Waals surface area contributed by atoms with Gasteiger partial charge in [-0.1, -0.05) is 34.1 Å². The summed E-state index contributed by atoms with van der Waals surface area (Å²) in [6.45, 7) is 0. The summed E-state index contributed by atoms with van der Waals surface area (Å²) in [6.07, 6.45) is 2.88. The number of carbonyl (C=O) groups excluding carboxylic acids is 1. The SMILES string of the molecule is COc1cccc(/C=C/C(=O)c2cc(Br)cc(Br)c(=O)c2O)c1. The van der Waals surface area contributed by atoms with Crippen molar-refractivity contribution in [3.8, 4) is 11.5 Å². The summed E-state index contributed by atoms with van der Waals surface area (Å²) in [7, 11) is 1.56. The first-order valence-corrected chi connectivity index (χ1v) is 8.09. The first-order valence-electron chi connectivity index (χ1n) is 6.51. The predicted octanol–water partition coefficient (Wildman–Crippen LogP) is 4.18. The Morgan fingerprint density at radius 3 is 2.65 bits per heavy atom. The number of carbonyl (C=O) groups is 1. The predicted molar refractivity (Wildman–Crippen MR) is 96.1 cm³/mol. The van der Waals surface area contributed by atoms with E-state index in [-0.39, 0.29) is 10.0 Å². The zero-order chi connectivity index (χ0) is 17.0. The van der Waals surface area contributed by atoms with Crippen LogP contribution < -0.4 is 10.2 Å². The minimum Gasteiger partial charge on any atom is -0.504 e. The third-order valence-corrected chi connectivity index (χ3v) is 4.07. The highest BCUT2D eigenvalue weighted by molar-refractivity contribution is 9.11. The van der Waals surface area contributed by atoms with Gasteiger partial charge < -0.3 is 9.84 Å². The topological polar surface area (TPSA) is 63.6 Å². The third kappa shape index (κ3) is 4.30. The fourth-order valence-corrected chi connectivity index (χ4v) is 3.06. The lowest BCUT2D eigenvalue weighted by Gasteiger charge is -2.00. The van der Waals surface area contributed by atoms with E-state index < -0.39 is 17.0 Å². The normalized spacial score (nSPS) is 10.7. The van der Waals surface area contributed by atoms with Crippen molar-refractivity contribution in [2.24, 2.45) is 0 Å². The first kappa shape index (κ1) is 17.4. The summed E-state index contributed by atoms with van der Waals surface area (Å²) in [5.41, 5.74) is 0.0423. The van der Waals surface area contributed by atoms with Crippen LogP contribution in [0.1, 0.15) is 15.9 Å². The minimum atomic E-state index is -0.645. The number of ether oxygens (including phenoxy) is 1. The molecule has 0 atom stereocenters. The van der Waals surface area contributed by atoms with E-state index >= 15 is 0 Å². The zero-order valence-corrected chi connectivity index (χ0v) is 15.2. The third-order valence-electron chi connectivity index (χ3n) is 3.02. The molecule has 0 radical (unpaired) electrons. The molecule has 0 aliphatic rings. The largest absolute Gasteiger partial charge is 0.504 e. The molecular weight excluding hydrogens is 428 g/mol. The Morgan fingerprint density at radius 1 is 1.22 bits per heavy atom. The second kappa shape index (κ2) is 7.57. The van der Waals surface area contributed by atoms with Crippen LogP contribution in [0.2, 0.25) is 0 Å². The minimum absolute atomic E-state index is 0.0771. The van der Waals surface area contributed by atoms with Gasteiger partial charge in [-0.15, -0.1) is 0 Å². The van der Waals surface area contributed by atoms with E-state index in [1.54, 1.807) is 31.4 Å². The zero-order valence-electron chi connectivity index (χ0n) is 12.0. The fourth-order valence-electron chi connectivity index (χ4n) is 1.86. The van der Waals surface area contributed by atoms with Crippen LogP contribution in [-0.2, 0) is 0 Å².